The van der Waals surface area contributed by atoms with Gasteiger partial charge in [-0.2, -0.15) is 9.78 Å². The zero-order valence-electron chi connectivity index (χ0n) is 21.8. The summed E-state index contributed by atoms with van der Waals surface area (Å²) in [6.45, 7) is 0. The monoisotopic (exact) mass is 646 g/mol. The van der Waals surface area contributed by atoms with Gasteiger partial charge < -0.3 is 15.2 Å². The van der Waals surface area contributed by atoms with E-state index in [-0.39, 0.29) is 52.1 Å². The minimum atomic E-state index is -3.28. The first-order chi connectivity index (χ1) is 20.0. The molecule has 1 heterocycles. The Labute approximate surface area is 248 Å². The Bertz CT molecular complexity index is 1720. The van der Waals surface area contributed by atoms with Gasteiger partial charge in [0.1, 0.15) is 28.5 Å². The van der Waals surface area contributed by atoms with Crippen molar-refractivity contribution in [1.29, 1.82) is 0 Å². The van der Waals surface area contributed by atoms with E-state index in [0.29, 0.717) is 4.68 Å². The Balaban J connectivity index is 1.27. The highest BCUT2D eigenvalue weighted by molar-refractivity contribution is 6.37. The van der Waals surface area contributed by atoms with E-state index in [9.17, 15) is 28.3 Å². The smallest absolute Gasteiger partial charge is 0.349 e. The van der Waals surface area contributed by atoms with Crippen molar-refractivity contribution in [2.75, 3.05) is 0 Å². The molecule has 228 valence electrons. The fourth-order valence-electron chi connectivity index (χ4n) is 7.09. The second-order valence-electron chi connectivity index (χ2n) is 11.6. The molecular formula is C27H21Cl2F5N4O5. The van der Waals surface area contributed by atoms with Crippen LogP contribution in [0.2, 0.25) is 10.0 Å². The number of H-pyrrole nitrogens is 1. The lowest BCUT2D eigenvalue weighted by molar-refractivity contribution is -0.193. The number of halogens is 7. The molecule has 0 unspecified atom stereocenters. The molecule has 3 aromatic rings. The number of hydrogen-bond acceptors (Lipinski definition) is 6. The number of phenols is 1. The van der Waals surface area contributed by atoms with Gasteiger partial charge in [-0.3, -0.25) is 14.6 Å². The fourth-order valence-corrected chi connectivity index (χ4v) is 7.64. The van der Waals surface area contributed by atoms with E-state index in [2.05, 4.69) is 10.4 Å². The van der Waals surface area contributed by atoms with Crippen LogP contribution in [-0.2, 0) is 0 Å². The summed E-state index contributed by atoms with van der Waals surface area (Å²) in [5.41, 5.74) is -12.0. The number of aromatic hydroxyl groups is 1. The number of nitrogens with zero attached hydrogens (tertiary/aromatic N) is 2. The number of carbonyl (C=O) groups excluding carboxylic acids is 1. The predicted molar refractivity (Wildman–Crippen MR) is 143 cm³/mol. The maximum absolute atomic E-state index is 15.4. The van der Waals surface area contributed by atoms with E-state index in [4.69, 9.17) is 27.9 Å². The number of hydrogen-bond donors (Lipinski definition) is 3. The van der Waals surface area contributed by atoms with E-state index < -0.39 is 76.8 Å². The van der Waals surface area contributed by atoms with Crippen molar-refractivity contribution in [3.63, 3.8) is 0 Å². The van der Waals surface area contributed by atoms with Crippen molar-refractivity contribution in [3.8, 4) is 22.9 Å². The zero-order valence-corrected chi connectivity index (χ0v) is 23.3. The Morgan fingerprint density at radius 3 is 2.07 bits per heavy atom. The van der Waals surface area contributed by atoms with Crippen LogP contribution in [0.15, 0.2) is 39.9 Å². The Morgan fingerprint density at radius 2 is 1.53 bits per heavy atom. The van der Waals surface area contributed by atoms with Gasteiger partial charge in [-0.25, -0.2) is 26.7 Å². The average Bonchev–Trinajstić information content (AvgIpc) is 2.83. The number of phenolic OH excluding ortho intramolecular Hbond substituents is 1. The molecule has 0 spiro atoms. The van der Waals surface area contributed by atoms with Gasteiger partial charge in [-0.05, 0) is 30.3 Å². The third-order valence-corrected chi connectivity index (χ3v) is 8.53. The van der Waals surface area contributed by atoms with Crippen molar-refractivity contribution in [2.45, 2.75) is 67.5 Å². The standard InChI is InChI=1S/C27H21Cl2F5N4O5/c28-15-3-12(38-23(42)35-22(41)18(37-38)20(30)31)4-16(29)19(15)43-13-1-2-17(39)14(5-13)21(40)36-27-9-24(32)6-25(33,10-27)8-26(34,7-24)11-27/h1-5,20,39H,6-11H2,(H,36,40)(H,35,41,42). The molecule has 7 rings (SSSR count). The highest BCUT2D eigenvalue weighted by atomic mass is 35.5. The number of benzene rings is 2. The molecule has 4 saturated carbocycles. The summed E-state index contributed by atoms with van der Waals surface area (Å²) < 4.78 is 78.5. The largest absolute Gasteiger partial charge is 0.507 e. The van der Waals surface area contributed by atoms with Crippen LogP contribution in [0.25, 0.3) is 5.69 Å². The lowest BCUT2D eigenvalue weighted by Crippen LogP contribution is -2.72. The van der Waals surface area contributed by atoms with E-state index in [1.165, 1.54) is 6.07 Å². The number of amides is 1. The molecular weight excluding hydrogens is 626 g/mol. The summed E-state index contributed by atoms with van der Waals surface area (Å²) in [6, 6.07) is 5.66. The summed E-state index contributed by atoms with van der Waals surface area (Å²) >= 11 is 12.6. The molecule has 0 saturated heterocycles. The normalized spacial score (nSPS) is 29.2. The van der Waals surface area contributed by atoms with Gasteiger partial charge in [0.25, 0.3) is 17.9 Å². The summed E-state index contributed by atoms with van der Waals surface area (Å²) in [7, 11) is 0. The van der Waals surface area contributed by atoms with Gasteiger partial charge in [0, 0.05) is 44.1 Å². The van der Waals surface area contributed by atoms with Gasteiger partial charge in [-0.15, -0.1) is 0 Å². The molecule has 2 aromatic carbocycles. The van der Waals surface area contributed by atoms with Gasteiger partial charge in [-0.1, -0.05) is 23.2 Å². The molecule has 0 atom stereocenters. The maximum atomic E-state index is 15.4. The van der Waals surface area contributed by atoms with Crippen LogP contribution < -0.4 is 21.3 Å². The molecule has 4 aliphatic carbocycles. The second-order valence-corrected chi connectivity index (χ2v) is 12.4. The molecule has 16 heteroatoms. The summed E-state index contributed by atoms with van der Waals surface area (Å²) in [5.74, 6) is -1.68. The Kier molecular flexibility index (Phi) is 6.62. The minimum absolute atomic E-state index is 0.0739. The third kappa shape index (κ3) is 5.24. The van der Waals surface area contributed by atoms with E-state index >= 15 is 13.2 Å². The van der Waals surface area contributed by atoms with Gasteiger partial charge in [0.15, 0.2) is 11.4 Å². The van der Waals surface area contributed by atoms with Crippen LogP contribution in [0.1, 0.15) is 61.0 Å². The topological polar surface area (TPSA) is 126 Å². The second kappa shape index (κ2) is 9.68. The molecule has 3 N–H and O–H groups in total. The molecule has 4 aliphatic rings. The molecule has 4 fully saturated rings. The van der Waals surface area contributed by atoms with Crippen molar-refractivity contribution >= 4 is 29.1 Å². The van der Waals surface area contributed by atoms with Crippen LogP contribution in [0.3, 0.4) is 0 Å². The number of aromatic amines is 1. The van der Waals surface area contributed by atoms with Crippen molar-refractivity contribution in [3.05, 3.63) is 72.5 Å². The molecule has 1 aromatic heterocycles. The highest BCUT2D eigenvalue weighted by Gasteiger charge is 2.70. The lowest BCUT2D eigenvalue weighted by atomic mass is 9.49. The average molecular weight is 647 g/mol. The SMILES string of the molecule is O=C(NC12CC3(F)CC(F)(CC(F)(C3)C1)C2)c1cc(Oc2c(Cl)cc(-n3nc(C(F)F)c(=O)[nH]c3=O)cc2Cl)ccc1O. The van der Waals surface area contributed by atoms with E-state index in [0.717, 1.165) is 24.3 Å². The van der Waals surface area contributed by atoms with E-state index in [1.54, 1.807) is 4.98 Å². The number of rotatable bonds is 6. The van der Waals surface area contributed by atoms with Crippen molar-refractivity contribution < 1.29 is 36.6 Å². The minimum Gasteiger partial charge on any atom is -0.507 e. The van der Waals surface area contributed by atoms with Crippen molar-refractivity contribution in [1.82, 2.24) is 20.1 Å². The lowest BCUT2D eigenvalue weighted by Gasteiger charge is -2.63. The van der Waals surface area contributed by atoms with Crippen LogP contribution in [-0.4, -0.2) is 48.3 Å². The molecule has 1 amide bonds. The van der Waals surface area contributed by atoms with Crippen LogP contribution >= 0.6 is 23.2 Å². The predicted octanol–water partition coefficient (Wildman–Crippen LogP) is 5.64. The Morgan fingerprint density at radius 1 is 0.977 bits per heavy atom. The molecule has 43 heavy (non-hydrogen) atoms. The summed E-state index contributed by atoms with van der Waals surface area (Å²) in [4.78, 5) is 38.8. The number of alkyl halides is 5. The Hall–Kier alpha value is -3.65. The maximum Gasteiger partial charge on any atom is 0.349 e. The fraction of sp³-hybridized carbons (Fsp3) is 0.407. The third-order valence-electron chi connectivity index (χ3n) is 7.97. The van der Waals surface area contributed by atoms with Crippen LogP contribution in [0.4, 0.5) is 22.0 Å². The van der Waals surface area contributed by atoms with Gasteiger partial charge in [0.05, 0.1) is 21.3 Å². The highest BCUT2D eigenvalue weighted by Crippen LogP contribution is 2.64. The molecule has 0 aliphatic heterocycles. The summed E-state index contributed by atoms with van der Waals surface area (Å²) in [6.07, 6.45) is -5.35. The first-order valence-electron chi connectivity index (χ1n) is 12.9. The molecule has 4 bridgehead atoms. The quantitative estimate of drug-likeness (QED) is 0.298. The first kappa shape index (κ1) is 29.4. The van der Waals surface area contributed by atoms with Gasteiger partial charge >= 0.3 is 5.69 Å². The number of carbonyl (C=O) groups is 1. The molecule has 0 radical (unpaired) electrons. The van der Waals surface area contributed by atoms with Crippen molar-refractivity contribution in [2.24, 2.45) is 0 Å². The number of nitrogens with one attached hydrogen (secondary N) is 2. The van der Waals surface area contributed by atoms with Gasteiger partial charge in [0.2, 0.25) is 0 Å². The summed E-state index contributed by atoms with van der Waals surface area (Å²) in [5, 5.41) is 15.9. The van der Waals surface area contributed by atoms with E-state index in [1.807, 2.05) is 0 Å². The molecule has 9 nitrogen and oxygen atoms in total. The zero-order chi connectivity index (χ0) is 31.1. The first-order valence-corrected chi connectivity index (χ1v) is 13.7. The number of aromatic nitrogens is 3. The number of ether oxygens (including phenoxy) is 1. The van der Waals surface area contributed by atoms with Crippen LogP contribution in [0.5, 0.6) is 17.2 Å². The van der Waals surface area contributed by atoms with Crippen LogP contribution in [0, 0.1) is 0 Å².